The third-order valence-electron chi connectivity index (χ3n) is 4.73. The lowest BCUT2D eigenvalue weighted by molar-refractivity contribution is -0.124. The third-order valence-corrected chi connectivity index (χ3v) is 4.73. The lowest BCUT2D eigenvalue weighted by atomic mass is 10.2. The summed E-state index contributed by atoms with van der Waals surface area (Å²) in [5.74, 6) is -0.386. The van der Waals surface area contributed by atoms with Gasteiger partial charge in [0.15, 0.2) is 0 Å². The second-order valence-corrected chi connectivity index (χ2v) is 6.68. The lowest BCUT2D eigenvalue weighted by Gasteiger charge is -2.14. The van der Waals surface area contributed by atoms with Gasteiger partial charge in [-0.15, -0.1) is 0 Å². The van der Waals surface area contributed by atoms with Crippen LogP contribution < -0.4 is 16.6 Å². The molecule has 4 rings (SSSR count). The Balaban J connectivity index is 1.42. The molecule has 4 aromatic rings. The average molecular weight is 405 g/mol. The highest BCUT2D eigenvalue weighted by molar-refractivity contribution is 5.82. The van der Waals surface area contributed by atoms with Gasteiger partial charge in [0.1, 0.15) is 6.04 Å². The first-order valence-electron chi connectivity index (χ1n) is 9.39. The van der Waals surface area contributed by atoms with Crippen LogP contribution in [0.15, 0.2) is 70.4 Å². The standard InChI is InChI=1S/C20H19N7O3/c1-14(26-19(29)17-10-6-5-7-15(17)13-22-26)18(28)21-11-12-25-20(30)27(24-23-25)16-8-3-2-4-9-16/h2-10,13-14H,11-12H2,1H3,(H,21,28)/t14-/m1/s1. The molecule has 1 N–H and O–H groups in total. The van der Waals surface area contributed by atoms with Gasteiger partial charge in [0.25, 0.3) is 5.56 Å². The van der Waals surface area contributed by atoms with Gasteiger partial charge in [-0.1, -0.05) is 36.4 Å². The van der Waals surface area contributed by atoms with Crippen LogP contribution in [0.1, 0.15) is 13.0 Å². The zero-order valence-corrected chi connectivity index (χ0v) is 16.2. The van der Waals surface area contributed by atoms with Crippen LogP contribution in [0, 0.1) is 0 Å². The summed E-state index contributed by atoms with van der Waals surface area (Å²) >= 11 is 0. The van der Waals surface area contributed by atoms with E-state index in [4.69, 9.17) is 0 Å². The van der Waals surface area contributed by atoms with Crippen LogP contribution in [0.5, 0.6) is 0 Å². The van der Waals surface area contributed by atoms with Crippen LogP contribution in [0.3, 0.4) is 0 Å². The van der Waals surface area contributed by atoms with E-state index in [1.165, 1.54) is 9.36 Å². The summed E-state index contributed by atoms with van der Waals surface area (Å²) in [5, 5.41) is 15.7. The van der Waals surface area contributed by atoms with E-state index in [1.807, 2.05) is 12.1 Å². The van der Waals surface area contributed by atoms with E-state index >= 15 is 0 Å². The summed E-state index contributed by atoms with van der Waals surface area (Å²) in [6.45, 7) is 1.89. The maximum Gasteiger partial charge on any atom is 0.368 e. The van der Waals surface area contributed by atoms with Gasteiger partial charge in [-0.3, -0.25) is 9.59 Å². The highest BCUT2D eigenvalue weighted by Crippen LogP contribution is 2.09. The summed E-state index contributed by atoms with van der Waals surface area (Å²) in [6, 6.07) is 15.2. The van der Waals surface area contributed by atoms with Gasteiger partial charge in [-0.2, -0.15) is 14.5 Å². The number of amides is 1. The number of benzene rings is 2. The van der Waals surface area contributed by atoms with Crippen molar-refractivity contribution in [3.63, 3.8) is 0 Å². The van der Waals surface area contributed by atoms with Gasteiger partial charge >= 0.3 is 5.69 Å². The molecule has 0 aliphatic carbocycles. The highest BCUT2D eigenvalue weighted by atomic mass is 16.2. The minimum absolute atomic E-state index is 0.143. The number of carbonyl (C=O) groups is 1. The number of aromatic nitrogens is 6. The first-order chi connectivity index (χ1) is 14.6. The Hall–Kier alpha value is -4.08. The van der Waals surface area contributed by atoms with Crippen molar-refractivity contribution in [1.82, 2.24) is 34.9 Å². The fourth-order valence-electron chi connectivity index (χ4n) is 3.07. The zero-order valence-electron chi connectivity index (χ0n) is 16.2. The smallest absolute Gasteiger partial charge is 0.352 e. The van der Waals surface area contributed by atoms with Crippen molar-refractivity contribution in [2.45, 2.75) is 19.5 Å². The monoisotopic (exact) mass is 405 g/mol. The maximum absolute atomic E-state index is 12.6. The topological polar surface area (TPSA) is 117 Å². The van der Waals surface area contributed by atoms with Gasteiger partial charge in [-0.25, -0.2) is 9.48 Å². The number of hydrogen-bond acceptors (Lipinski definition) is 6. The Morgan fingerprint density at radius 3 is 2.57 bits per heavy atom. The Morgan fingerprint density at radius 2 is 1.77 bits per heavy atom. The predicted molar refractivity (Wildman–Crippen MR) is 109 cm³/mol. The molecule has 0 unspecified atom stereocenters. The molecule has 0 aliphatic heterocycles. The zero-order chi connectivity index (χ0) is 21.1. The Bertz CT molecular complexity index is 1310. The maximum atomic E-state index is 12.6. The second-order valence-electron chi connectivity index (χ2n) is 6.68. The quantitative estimate of drug-likeness (QED) is 0.500. The summed E-state index contributed by atoms with van der Waals surface area (Å²) < 4.78 is 3.50. The number of tetrazole rings is 1. The molecule has 0 radical (unpaired) electrons. The number of fused-ring (bicyclic) bond motifs is 1. The van der Waals surface area contributed by atoms with Crippen molar-refractivity contribution in [2.24, 2.45) is 0 Å². The van der Waals surface area contributed by atoms with Crippen molar-refractivity contribution >= 4 is 16.7 Å². The molecule has 152 valence electrons. The van der Waals surface area contributed by atoms with Crippen molar-refractivity contribution in [1.29, 1.82) is 0 Å². The van der Waals surface area contributed by atoms with Crippen LogP contribution in [0.2, 0.25) is 0 Å². The number of rotatable bonds is 6. The number of hydrogen-bond donors (Lipinski definition) is 1. The fourth-order valence-corrected chi connectivity index (χ4v) is 3.07. The average Bonchev–Trinajstić information content (AvgIpc) is 3.14. The van der Waals surface area contributed by atoms with Gasteiger partial charge < -0.3 is 5.32 Å². The molecule has 1 amide bonds. The van der Waals surface area contributed by atoms with Crippen molar-refractivity contribution in [3.8, 4) is 5.69 Å². The third kappa shape index (κ3) is 3.62. The van der Waals surface area contributed by atoms with E-state index < -0.39 is 11.7 Å². The Labute approximate surface area is 170 Å². The normalized spacial score (nSPS) is 12.0. The van der Waals surface area contributed by atoms with Crippen LogP contribution in [0.25, 0.3) is 16.5 Å². The van der Waals surface area contributed by atoms with E-state index in [0.29, 0.717) is 16.5 Å². The van der Waals surface area contributed by atoms with E-state index in [-0.39, 0.29) is 24.6 Å². The molecule has 30 heavy (non-hydrogen) atoms. The Morgan fingerprint density at radius 1 is 1.03 bits per heavy atom. The number of nitrogens with zero attached hydrogens (tertiary/aromatic N) is 6. The predicted octanol–water partition coefficient (Wildman–Crippen LogP) is 0.516. The molecule has 2 heterocycles. The molecule has 0 saturated heterocycles. The Kier molecular flexibility index (Phi) is 5.21. The molecule has 1 atom stereocenters. The van der Waals surface area contributed by atoms with Gasteiger partial charge in [-0.05, 0) is 35.5 Å². The van der Waals surface area contributed by atoms with E-state index in [2.05, 4.69) is 20.8 Å². The SMILES string of the molecule is C[C@H](C(=O)NCCn1nnn(-c2ccccc2)c1=O)n1ncc2ccccc2c1=O. The largest absolute Gasteiger partial charge is 0.368 e. The molecule has 0 spiro atoms. The molecule has 0 fully saturated rings. The summed E-state index contributed by atoms with van der Waals surface area (Å²) in [5.41, 5.74) is -0.137. The van der Waals surface area contributed by atoms with Crippen molar-refractivity contribution in [3.05, 3.63) is 81.6 Å². The molecule has 2 aromatic heterocycles. The second kappa shape index (κ2) is 8.11. The van der Waals surface area contributed by atoms with E-state index in [0.717, 1.165) is 4.68 Å². The number of carbonyl (C=O) groups excluding carboxylic acids is 1. The minimum Gasteiger partial charge on any atom is -0.352 e. The molecule has 10 nitrogen and oxygen atoms in total. The number of nitrogens with one attached hydrogen (secondary N) is 1. The lowest BCUT2D eigenvalue weighted by Crippen LogP contribution is -2.39. The summed E-state index contributed by atoms with van der Waals surface area (Å²) in [6.07, 6.45) is 1.56. The van der Waals surface area contributed by atoms with Crippen molar-refractivity contribution < 1.29 is 4.79 Å². The highest BCUT2D eigenvalue weighted by Gasteiger charge is 2.18. The van der Waals surface area contributed by atoms with Crippen molar-refractivity contribution in [2.75, 3.05) is 6.54 Å². The molecule has 10 heteroatoms. The first-order valence-corrected chi connectivity index (χ1v) is 9.39. The molecular weight excluding hydrogens is 386 g/mol. The van der Waals surface area contributed by atoms with Crippen LogP contribution in [-0.2, 0) is 11.3 Å². The van der Waals surface area contributed by atoms with Gasteiger partial charge in [0, 0.05) is 11.9 Å². The molecule has 0 aliphatic rings. The first kappa shape index (κ1) is 19.2. The molecule has 0 saturated carbocycles. The minimum atomic E-state index is -0.807. The van der Waals surface area contributed by atoms with Gasteiger partial charge in [0.05, 0.1) is 23.8 Å². The fraction of sp³-hybridized carbons (Fsp3) is 0.200. The summed E-state index contributed by atoms with van der Waals surface area (Å²) in [4.78, 5) is 37.5. The summed E-state index contributed by atoms with van der Waals surface area (Å²) in [7, 11) is 0. The molecule has 0 bridgehead atoms. The van der Waals surface area contributed by atoms with Crippen LogP contribution in [-0.4, -0.2) is 42.0 Å². The molecular formula is C20H19N7O3. The van der Waals surface area contributed by atoms with Gasteiger partial charge in [0.2, 0.25) is 5.91 Å². The van der Waals surface area contributed by atoms with Crippen LogP contribution in [0.4, 0.5) is 0 Å². The van der Waals surface area contributed by atoms with E-state index in [9.17, 15) is 14.4 Å². The molecule has 2 aromatic carbocycles. The van der Waals surface area contributed by atoms with E-state index in [1.54, 1.807) is 55.6 Å². The number of para-hydroxylation sites is 1. The van der Waals surface area contributed by atoms with Crippen LogP contribution >= 0.6 is 0 Å².